The van der Waals surface area contributed by atoms with Gasteiger partial charge >= 0.3 is 7.12 Å². The van der Waals surface area contributed by atoms with Gasteiger partial charge in [0.05, 0.1) is 17.1 Å². The molecule has 0 saturated carbocycles. The van der Waals surface area contributed by atoms with Gasteiger partial charge in [-0.2, -0.15) is 5.10 Å². The third-order valence-electron chi connectivity index (χ3n) is 4.00. The molecule has 2 rings (SSSR count). The van der Waals surface area contributed by atoms with E-state index < -0.39 is 0 Å². The standard InChI is InChI=1S/C11H21BN2O2/c1-8-7-13-14(6)9(8)12-15-10(2,3)11(4,5)16-12/h7-9H,1-6H3. The van der Waals surface area contributed by atoms with E-state index in [1.807, 2.05) is 18.3 Å². The molecule has 16 heavy (non-hydrogen) atoms. The molecule has 1 saturated heterocycles. The summed E-state index contributed by atoms with van der Waals surface area (Å²) in [5.74, 6) is 0.542. The van der Waals surface area contributed by atoms with E-state index in [9.17, 15) is 0 Å². The maximum absolute atomic E-state index is 6.04. The second-order valence-electron chi connectivity index (χ2n) is 5.81. The lowest BCUT2D eigenvalue weighted by molar-refractivity contribution is 0.00578. The van der Waals surface area contributed by atoms with Gasteiger partial charge in [0.15, 0.2) is 0 Å². The summed E-state index contributed by atoms with van der Waals surface area (Å²) in [7, 11) is 1.77. The van der Waals surface area contributed by atoms with Crippen LogP contribution in [0.1, 0.15) is 34.6 Å². The fourth-order valence-electron chi connectivity index (χ4n) is 2.17. The first-order valence-corrected chi connectivity index (χ1v) is 5.87. The first kappa shape index (κ1) is 11.9. The van der Waals surface area contributed by atoms with Crippen molar-refractivity contribution in [3.8, 4) is 0 Å². The zero-order valence-corrected chi connectivity index (χ0v) is 11.0. The average molecular weight is 224 g/mol. The van der Waals surface area contributed by atoms with Crippen LogP contribution in [0.15, 0.2) is 5.10 Å². The highest BCUT2D eigenvalue weighted by atomic mass is 16.7. The van der Waals surface area contributed by atoms with E-state index >= 15 is 0 Å². The predicted molar refractivity (Wildman–Crippen MR) is 65.3 cm³/mol. The zero-order valence-electron chi connectivity index (χ0n) is 11.0. The summed E-state index contributed by atoms with van der Waals surface area (Å²) in [4.78, 5) is 0. The molecule has 0 aromatic carbocycles. The van der Waals surface area contributed by atoms with Crippen molar-refractivity contribution in [2.24, 2.45) is 11.0 Å². The van der Waals surface area contributed by atoms with E-state index in [1.165, 1.54) is 0 Å². The van der Waals surface area contributed by atoms with Crippen molar-refractivity contribution in [3.05, 3.63) is 0 Å². The van der Waals surface area contributed by atoms with E-state index in [4.69, 9.17) is 9.31 Å². The van der Waals surface area contributed by atoms with E-state index in [2.05, 4.69) is 39.7 Å². The number of hydrogen-bond donors (Lipinski definition) is 0. The second kappa shape index (κ2) is 3.47. The van der Waals surface area contributed by atoms with Crippen LogP contribution < -0.4 is 0 Å². The van der Waals surface area contributed by atoms with Crippen molar-refractivity contribution in [1.29, 1.82) is 0 Å². The smallest absolute Gasteiger partial charge is 0.402 e. The molecule has 5 heteroatoms. The summed E-state index contributed by atoms with van der Waals surface area (Å²) in [6, 6.07) is 0. The van der Waals surface area contributed by atoms with Crippen molar-refractivity contribution >= 4 is 13.3 Å². The summed E-state index contributed by atoms with van der Waals surface area (Å²) in [5.41, 5.74) is -0.526. The highest BCUT2D eigenvalue weighted by Crippen LogP contribution is 2.39. The quantitative estimate of drug-likeness (QED) is 0.634. The SMILES string of the molecule is CC1C=NN(C)C1B1OC(C)(C)C(C)(C)O1. The van der Waals surface area contributed by atoms with Crippen molar-refractivity contribution in [2.75, 3.05) is 7.05 Å². The van der Waals surface area contributed by atoms with Gasteiger partial charge < -0.3 is 9.31 Å². The summed E-state index contributed by atoms with van der Waals surface area (Å²) in [6.07, 6.45) is 1.95. The Morgan fingerprint density at radius 3 is 2.06 bits per heavy atom. The van der Waals surface area contributed by atoms with Crippen molar-refractivity contribution in [1.82, 2.24) is 5.01 Å². The Kier molecular flexibility index (Phi) is 2.59. The molecule has 4 nitrogen and oxygen atoms in total. The minimum absolute atomic E-state index is 0.182. The molecule has 0 radical (unpaired) electrons. The molecule has 0 spiro atoms. The lowest BCUT2D eigenvalue weighted by atomic mass is 9.72. The topological polar surface area (TPSA) is 34.1 Å². The molecule has 0 aromatic heterocycles. The maximum atomic E-state index is 6.04. The number of rotatable bonds is 1. The van der Waals surface area contributed by atoms with E-state index in [0.717, 1.165) is 0 Å². The van der Waals surface area contributed by atoms with Crippen LogP contribution in [0.25, 0.3) is 0 Å². The van der Waals surface area contributed by atoms with E-state index in [1.54, 1.807) is 0 Å². The molecule has 0 amide bonds. The monoisotopic (exact) mass is 224 g/mol. The third-order valence-corrected chi connectivity index (χ3v) is 4.00. The molecule has 0 aromatic rings. The minimum atomic E-state index is -0.263. The van der Waals surface area contributed by atoms with Gasteiger partial charge in [-0.05, 0) is 27.7 Å². The van der Waals surface area contributed by atoms with Crippen LogP contribution in [0.5, 0.6) is 0 Å². The fourth-order valence-corrected chi connectivity index (χ4v) is 2.17. The zero-order chi connectivity index (χ0) is 12.1. The van der Waals surface area contributed by atoms with Crippen LogP contribution in [0.2, 0.25) is 0 Å². The van der Waals surface area contributed by atoms with Crippen molar-refractivity contribution in [3.63, 3.8) is 0 Å². The van der Waals surface area contributed by atoms with E-state index in [-0.39, 0.29) is 24.3 Å². The van der Waals surface area contributed by atoms with Gasteiger partial charge in [-0.3, -0.25) is 5.01 Å². The lowest BCUT2D eigenvalue weighted by Crippen LogP contribution is -2.45. The molecule has 1 fully saturated rings. The molecule has 2 heterocycles. The molecular formula is C11H21BN2O2. The molecule has 0 aliphatic carbocycles. The van der Waals surface area contributed by atoms with Crippen LogP contribution >= 0.6 is 0 Å². The number of hydrogen-bond acceptors (Lipinski definition) is 4. The Morgan fingerprint density at radius 1 is 1.19 bits per heavy atom. The Balaban J connectivity index is 2.15. The van der Waals surface area contributed by atoms with Crippen molar-refractivity contribution < 1.29 is 9.31 Å². The Morgan fingerprint density at radius 2 is 1.69 bits per heavy atom. The molecular weight excluding hydrogens is 203 g/mol. The Labute approximate surface area is 98.1 Å². The third kappa shape index (κ3) is 1.66. The lowest BCUT2D eigenvalue weighted by Gasteiger charge is -2.32. The van der Waals surface area contributed by atoms with Gasteiger partial charge in [0.1, 0.15) is 0 Å². The van der Waals surface area contributed by atoms with Gasteiger partial charge in [-0.1, -0.05) is 6.92 Å². The van der Waals surface area contributed by atoms with Crippen molar-refractivity contribution in [2.45, 2.75) is 51.8 Å². The predicted octanol–water partition coefficient (Wildman–Crippen LogP) is 1.55. The molecule has 2 aliphatic heterocycles. The van der Waals surface area contributed by atoms with Gasteiger partial charge in [0.2, 0.25) is 0 Å². The van der Waals surface area contributed by atoms with E-state index in [0.29, 0.717) is 5.92 Å². The minimum Gasteiger partial charge on any atom is -0.402 e. The van der Waals surface area contributed by atoms with Crippen LogP contribution in [-0.4, -0.2) is 42.5 Å². The largest absolute Gasteiger partial charge is 0.484 e. The van der Waals surface area contributed by atoms with Gasteiger partial charge in [0, 0.05) is 19.2 Å². The van der Waals surface area contributed by atoms with Crippen LogP contribution in [0.3, 0.4) is 0 Å². The summed E-state index contributed by atoms with van der Waals surface area (Å²) in [6.45, 7) is 10.4. The summed E-state index contributed by atoms with van der Waals surface area (Å²) >= 11 is 0. The molecule has 0 N–H and O–H groups in total. The van der Waals surface area contributed by atoms with Crippen LogP contribution in [0.4, 0.5) is 0 Å². The summed E-state index contributed by atoms with van der Waals surface area (Å²) in [5, 5.41) is 6.22. The highest BCUT2D eigenvalue weighted by molar-refractivity contribution is 6.48. The number of nitrogens with zero attached hydrogens (tertiary/aromatic N) is 2. The molecule has 2 aliphatic rings. The number of hydrazone groups is 1. The van der Waals surface area contributed by atoms with Gasteiger partial charge in [-0.25, -0.2) is 0 Å². The fraction of sp³-hybridized carbons (Fsp3) is 0.909. The van der Waals surface area contributed by atoms with Gasteiger partial charge in [0.25, 0.3) is 0 Å². The average Bonchev–Trinajstić information content (AvgIpc) is 2.52. The van der Waals surface area contributed by atoms with Gasteiger partial charge in [-0.15, -0.1) is 0 Å². The first-order valence-electron chi connectivity index (χ1n) is 5.87. The maximum Gasteiger partial charge on any atom is 0.484 e. The van der Waals surface area contributed by atoms with Crippen LogP contribution in [-0.2, 0) is 9.31 Å². The Hall–Kier alpha value is -0.545. The molecule has 2 atom stereocenters. The highest BCUT2D eigenvalue weighted by Gasteiger charge is 2.56. The molecule has 0 bridgehead atoms. The molecule has 90 valence electrons. The first-order chi connectivity index (χ1) is 7.24. The normalized spacial score (nSPS) is 36.1. The Bertz CT molecular complexity index is 289. The molecule has 2 unspecified atom stereocenters. The summed E-state index contributed by atoms with van der Waals surface area (Å²) < 4.78 is 12.1. The second-order valence-corrected chi connectivity index (χ2v) is 5.81. The van der Waals surface area contributed by atoms with Crippen LogP contribution in [0, 0.1) is 5.92 Å².